The van der Waals surface area contributed by atoms with Crippen molar-refractivity contribution in [3.05, 3.63) is 40.3 Å². The number of hydrogen-bond acceptors (Lipinski definition) is 4. The van der Waals surface area contributed by atoms with Gasteiger partial charge in [0.25, 0.3) is 11.1 Å². The summed E-state index contributed by atoms with van der Waals surface area (Å²) < 4.78 is 0. The second-order valence-electron chi connectivity index (χ2n) is 3.35. The van der Waals surface area contributed by atoms with E-state index in [-0.39, 0.29) is 4.91 Å². The highest BCUT2D eigenvalue weighted by Crippen LogP contribution is 2.23. The molecule has 18 heavy (non-hydrogen) atoms. The van der Waals surface area contributed by atoms with Gasteiger partial charge in [-0.1, -0.05) is 11.6 Å². The van der Waals surface area contributed by atoms with Gasteiger partial charge in [0.1, 0.15) is 0 Å². The second-order valence-corrected chi connectivity index (χ2v) is 4.80. The maximum Gasteiger partial charge on any atom is 0.290 e. The van der Waals surface area contributed by atoms with Gasteiger partial charge in [-0.2, -0.15) is 0 Å². The lowest BCUT2D eigenvalue weighted by Gasteiger charge is -2.01. The monoisotopic (exact) mass is 282 g/mol. The van der Waals surface area contributed by atoms with Crippen LogP contribution in [0.1, 0.15) is 0 Å². The van der Waals surface area contributed by atoms with E-state index in [1.807, 2.05) is 0 Å². The second kappa shape index (κ2) is 5.24. The first-order valence-electron chi connectivity index (χ1n) is 4.86. The highest BCUT2D eigenvalue weighted by atomic mass is 35.5. The van der Waals surface area contributed by atoms with Crippen LogP contribution in [0.3, 0.4) is 0 Å². The number of amides is 3. The average Bonchev–Trinajstić information content (AvgIpc) is 2.61. The van der Waals surface area contributed by atoms with E-state index in [4.69, 9.17) is 11.6 Å². The smallest absolute Gasteiger partial charge is 0.290 e. The van der Waals surface area contributed by atoms with Crippen LogP contribution >= 0.6 is 23.4 Å². The molecule has 2 rings (SSSR count). The van der Waals surface area contributed by atoms with Gasteiger partial charge in [0.15, 0.2) is 0 Å². The Labute approximate surface area is 112 Å². The molecule has 0 radical (unpaired) electrons. The Morgan fingerprint density at radius 3 is 2.50 bits per heavy atom. The molecule has 0 saturated carbocycles. The zero-order valence-corrected chi connectivity index (χ0v) is 10.5. The van der Waals surface area contributed by atoms with Gasteiger partial charge in [-0.25, -0.2) is 0 Å². The fraction of sp³-hybridized carbons (Fsp3) is 0. The van der Waals surface area contributed by atoms with Crippen molar-refractivity contribution in [3.8, 4) is 0 Å². The van der Waals surface area contributed by atoms with Gasteiger partial charge in [-0.05, 0) is 36.0 Å². The van der Waals surface area contributed by atoms with Gasteiger partial charge in [-0.15, -0.1) is 0 Å². The fourth-order valence-electron chi connectivity index (χ4n) is 1.25. The predicted molar refractivity (Wildman–Crippen MR) is 69.3 cm³/mol. The Hall–Kier alpha value is -1.79. The minimum absolute atomic E-state index is 0.0754. The first kappa shape index (κ1) is 12.7. The highest BCUT2D eigenvalue weighted by Gasteiger charge is 2.25. The van der Waals surface area contributed by atoms with Crippen molar-refractivity contribution < 1.29 is 14.4 Å². The number of carbonyl (C=O) groups excluding carboxylic acids is 3. The summed E-state index contributed by atoms with van der Waals surface area (Å²) in [5.41, 5.74) is 0.552. The standard InChI is InChI=1S/C11H7ClN2O3S/c12-6-1-3-7(4-2-6)13-9(15)5-8-10(16)14-11(17)18-8/h1-5H,(H,13,15)(H,14,16,17)/b8-5-. The van der Waals surface area contributed by atoms with Crippen molar-refractivity contribution in [2.75, 3.05) is 5.32 Å². The van der Waals surface area contributed by atoms with Crippen molar-refractivity contribution in [3.63, 3.8) is 0 Å². The maximum absolute atomic E-state index is 11.6. The highest BCUT2D eigenvalue weighted by molar-refractivity contribution is 8.18. The molecule has 0 aliphatic carbocycles. The molecule has 3 amide bonds. The number of anilines is 1. The van der Waals surface area contributed by atoms with Crippen LogP contribution in [0, 0.1) is 0 Å². The van der Waals surface area contributed by atoms with Crippen molar-refractivity contribution in [2.45, 2.75) is 0 Å². The Morgan fingerprint density at radius 1 is 1.28 bits per heavy atom. The third-order valence-corrected chi connectivity index (χ3v) is 3.08. The molecule has 7 heteroatoms. The number of hydrogen-bond donors (Lipinski definition) is 2. The van der Waals surface area contributed by atoms with E-state index in [1.54, 1.807) is 24.3 Å². The van der Waals surface area contributed by atoms with Gasteiger partial charge in [0.2, 0.25) is 5.91 Å². The summed E-state index contributed by atoms with van der Waals surface area (Å²) in [6, 6.07) is 6.52. The lowest BCUT2D eigenvalue weighted by molar-refractivity contribution is -0.116. The normalized spacial score (nSPS) is 16.8. The zero-order chi connectivity index (χ0) is 13.1. The minimum Gasteiger partial charge on any atom is -0.322 e. The molecular weight excluding hydrogens is 276 g/mol. The number of nitrogens with one attached hydrogen (secondary N) is 2. The molecule has 0 unspecified atom stereocenters. The molecule has 1 aromatic carbocycles. The number of rotatable bonds is 2. The number of halogens is 1. The van der Waals surface area contributed by atoms with Crippen molar-refractivity contribution in [1.82, 2.24) is 5.32 Å². The van der Waals surface area contributed by atoms with Crippen LogP contribution in [0.2, 0.25) is 5.02 Å². The Bertz CT molecular complexity index is 554. The van der Waals surface area contributed by atoms with Gasteiger partial charge in [0.05, 0.1) is 4.91 Å². The van der Waals surface area contributed by atoms with E-state index in [1.165, 1.54) is 0 Å². The summed E-state index contributed by atoms with van der Waals surface area (Å²) in [7, 11) is 0. The van der Waals surface area contributed by atoms with Gasteiger partial charge >= 0.3 is 0 Å². The molecule has 1 aromatic rings. The molecule has 0 bridgehead atoms. The lowest BCUT2D eigenvalue weighted by Crippen LogP contribution is -2.18. The van der Waals surface area contributed by atoms with E-state index >= 15 is 0 Å². The molecule has 0 spiro atoms. The maximum atomic E-state index is 11.6. The molecular formula is C11H7ClN2O3S. The third-order valence-electron chi connectivity index (χ3n) is 2.02. The molecule has 5 nitrogen and oxygen atoms in total. The van der Waals surface area contributed by atoms with E-state index in [2.05, 4.69) is 10.6 Å². The number of imide groups is 1. The number of carbonyl (C=O) groups is 3. The molecule has 1 aliphatic heterocycles. The van der Waals surface area contributed by atoms with Crippen LogP contribution in [0.4, 0.5) is 10.5 Å². The minimum atomic E-state index is -0.559. The third kappa shape index (κ3) is 3.12. The quantitative estimate of drug-likeness (QED) is 0.815. The topological polar surface area (TPSA) is 75.3 Å². The van der Waals surface area contributed by atoms with Crippen LogP contribution in [0.15, 0.2) is 35.2 Å². The summed E-state index contributed by atoms with van der Waals surface area (Å²) in [6.45, 7) is 0. The molecule has 1 saturated heterocycles. The van der Waals surface area contributed by atoms with E-state index in [9.17, 15) is 14.4 Å². The first-order chi connectivity index (χ1) is 8.54. The summed E-state index contributed by atoms with van der Waals surface area (Å²) in [4.78, 5) is 33.7. The van der Waals surface area contributed by atoms with Crippen LogP contribution in [-0.2, 0) is 9.59 Å². The van der Waals surface area contributed by atoms with Crippen molar-refractivity contribution in [1.29, 1.82) is 0 Å². The van der Waals surface area contributed by atoms with Crippen LogP contribution in [-0.4, -0.2) is 17.1 Å². The van der Waals surface area contributed by atoms with Crippen molar-refractivity contribution >= 4 is 46.1 Å². The number of thioether (sulfide) groups is 1. The summed E-state index contributed by atoms with van der Waals surface area (Å²) in [6.07, 6.45) is 1.08. The van der Waals surface area contributed by atoms with Crippen molar-refractivity contribution in [2.24, 2.45) is 0 Å². The van der Waals surface area contributed by atoms with Gasteiger partial charge in [0, 0.05) is 16.8 Å². The molecule has 92 valence electrons. The lowest BCUT2D eigenvalue weighted by atomic mass is 10.3. The van der Waals surface area contributed by atoms with Gasteiger partial charge in [-0.3, -0.25) is 19.7 Å². The number of benzene rings is 1. The first-order valence-corrected chi connectivity index (χ1v) is 6.05. The van der Waals surface area contributed by atoms with Gasteiger partial charge < -0.3 is 5.32 Å². The largest absolute Gasteiger partial charge is 0.322 e. The Balaban J connectivity index is 2.05. The molecule has 1 heterocycles. The average molecular weight is 283 g/mol. The van der Waals surface area contributed by atoms with E-state index < -0.39 is 17.1 Å². The van der Waals surface area contributed by atoms with E-state index in [0.29, 0.717) is 22.5 Å². The van der Waals surface area contributed by atoms with E-state index in [0.717, 1.165) is 6.08 Å². The molecule has 1 aliphatic rings. The summed E-state index contributed by atoms with van der Waals surface area (Å²) in [5, 5.41) is 4.69. The molecule has 1 fully saturated rings. The summed E-state index contributed by atoms with van der Waals surface area (Å²) >= 11 is 6.40. The Morgan fingerprint density at radius 2 is 1.94 bits per heavy atom. The van der Waals surface area contributed by atoms with Crippen LogP contribution in [0.5, 0.6) is 0 Å². The SMILES string of the molecule is O=C(/C=C1\SC(=O)NC1=O)Nc1ccc(Cl)cc1. The van der Waals surface area contributed by atoms with Crippen LogP contribution < -0.4 is 10.6 Å². The fourth-order valence-corrected chi connectivity index (χ4v) is 2.03. The molecule has 0 atom stereocenters. The Kier molecular flexibility index (Phi) is 3.69. The predicted octanol–water partition coefficient (Wildman–Crippen LogP) is 2.15. The summed E-state index contributed by atoms with van der Waals surface area (Å²) in [5.74, 6) is -1.04. The molecule has 0 aromatic heterocycles. The zero-order valence-electron chi connectivity index (χ0n) is 8.90. The van der Waals surface area contributed by atoms with Crippen LogP contribution in [0.25, 0.3) is 0 Å². The molecule has 2 N–H and O–H groups in total.